The highest BCUT2D eigenvalue weighted by molar-refractivity contribution is 6.03. The summed E-state index contributed by atoms with van der Waals surface area (Å²) in [5.74, 6) is 0.121. The SMILES string of the molecule is Cc1c2ccc(OCc3ncccc3F)cc2n2c(=O)[nH]c3cnccc3c12. The lowest BCUT2D eigenvalue weighted by Crippen LogP contribution is -2.16. The van der Waals surface area contributed by atoms with Gasteiger partial charge < -0.3 is 9.72 Å². The summed E-state index contributed by atoms with van der Waals surface area (Å²) in [4.78, 5) is 23.7. The van der Waals surface area contributed by atoms with E-state index >= 15 is 0 Å². The Morgan fingerprint density at radius 1 is 1.18 bits per heavy atom. The van der Waals surface area contributed by atoms with Crippen LogP contribution in [0.15, 0.2) is 59.8 Å². The number of fused-ring (bicyclic) bond motifs is 5. The third kappa shape index (κ3) is 2.44. The quantitative estimate of drug-likeness (QED) is 0.522. The number of aromatic nitrogens is 4. The van der Waals surface area contributed by atoms with Crippen molar-refractivity contribution >= 4 is 27.3 Å². The van der Waals surface area contributed by atoms with Crippen molar-refractivity contribution in [3.8, 4) is 5.75 Å². The van der Waals surface area contributed by atoms with Gasteiger partial charge in [0.1, 0.15) is 23.9 Å². The molecule has 4 aromatic heterocycles. The summed E-state index contributed by atoms with van der Waals surface area (Å²) in [5, 5.41) is 1.87. The lowest BCUT2D eigenvalue weighted by Gasteiger charge is -2.07. The highest BCUT2D eigenvalue weighted by Crippen LogP contribution is 2.31. The van der Waals surface area contributed by atoms with Gasteiger partial charge in [0.25, 0.3) is 0 Å². The van der Waals surface area contributed by atoms with Crippen LogP contribution < -0.4 is 10.4 Å². The van der Waals surface area contributed by atoms with Crippen LogP contribution in [0.3, 0.4) is 0 Å². The van der Waals surface area contributed by atoms with Crippen molar-refractivity contribution in [3.05, 3.63) is 82.5 Å². The van der Waals surface area contributed by atoms with E-state index in [-0.39, 0.29) is 18.0 Å². The van der Waals surface area contributed by atoms with E-state index in [0.717, 1.165) is 27.4 Å². The highest BCUT2D eigenvalue weighted by atomic mass is 19.1. The first-order chi connectivity index (χ1) is 13.6. The van der Waals surface area contributed by atoms with Crippen molar-refractivity contribution in [2.45, 2.75) is 13.5 Å². The second-order valence-electron chi connectivity index (χ2n) is 6.56. The number of halogens is 1. The zero-order valence-corrected chi connectivity index (χ0v) is 14.9. The predicted molar refractivity (Wildman–Crippen MR) is 104 cm³/mol. The minimum absolute atomic E-state index is 0.00538. The molecule has 0 atom stereocenters. The predicted octanol–water partition coefficient (Wildman–Crippen LogP) is 3.75. The Kier molecular flexibility index (Phi) is 3.61. The molecule has 5 aromatic rings. The number of hydrogen-bond donors (Lipinski definition) is 1. The number of H-pyrrole nitrogens is 1. The minimum Gasteiger partial charge on any atom is -0.487 e. The van der Waals surface area contributed by atoms with Crippen molar-refractivity contribution in [1.29, 1.82) is 0 Å². The van der Waals surface area contributed by atoms with Gasteiger partial charge in [-0.25, -0.2) is 9.18 Å². The Hall–Kier alpha value is -3.74. The van der Waals surface area contributed by atoms with E-state index in [2.05, 4.69) is 15.0 Å². The third-order valence-electron chi connectivity index (χ3n) is 4.92. The van der Waals surface area contributed by atoms with Gasteiger partial charge in [-0.3, -0.25) is 14.4 Å². The summed E-state index contributed by atoms with van der Waals surface area (Å²) < 4.78 is 21.1. The van der Waals surface area contributed by atoms with Gasteiger partial charge >= 0.3 is 5.69 Å². The number of aryl methyl sites for hydroxylation is 1. The van der Waals surface area contributed by atoms with Gasteiger partial charge in [-0.1, -0.05) is 0 Å². The zero-order valence-electron chi connectivity index (χ0n) is 14.9. The second-order valence-corrected chi connectivity index (χ2v) is 6.56. The normalized spacial score (nSPS) is 11.5. The number of benzene rings is 1. The minimum atomic E-state index is -0.413. The maximum absolute atomic E-state index is 13.8. The molecule has 138 valence electrons. The zero-order chi connectivity index (χ0) is 19.3. The van der Waals surface area contributed by atoms with Crippen LogP contribution in [0.25, 0.3) is 27.3 Å². The molecule has 0 bridgehead atoms. The van der Waals surface area contributed by atoms with Gasteiger partial charge in [-0.05, 0) is 42.8 Å². The van der Waals surface area contributed by atoms with Gasteiger partial charge in [0.05, 0.1) is 22.7 Å². The Labute approximate surface area is 158 Å². The summed E-state index contributed by atoms with van der Waals surface area (Å²) in [6.45, 7) is 1.99. The average Bonchev–Trinajstić information content (AvgIpc) is 3.01. The monoisotopic (exact) mass is 374 g/mol. The Morgan fingerprint density at radius 2 is 2.07 bits per heavy atom. The molecule has 28 heavy (non-hydrogen) atoms. The third-order valence-corrected chi connectivity index (χ3v) is 4.92. The molecule has 7 heteroatoms. The smallest absolute Gasteiger partial charge is 0.331 e. The van der Waals surface area contributed by atoms with Crippen LogP contribution in [0.4, 0.5) is 4.39 Å². The highest BCUT2D eigenvalue weighted by Gasteiger charge is 2.15. The molecule has 0 saturated carbocycles. The molecular weight excluding hydrogens is 359 g/mol. The molecule has 0 amide bonds. The maximum Gasteiger partial charge on any atom is 0.331 e. The average molecular weight is 374 g/mol. The number of aromatic amines is 1. The van der Waals surface area contributed by atoms with Crippen molar-refractivity contribution in [3.63, 3.8) is 0 Å². The molecule has 0 spiro atoms. The number of hydrogen-bond acceptors (Lipinski definition) is 4. The van der Waals surface area contributed by atoms with Crippen LogP contribution in [0.2, 0.25) is 0 Å². The fraction of sp³-hybridized carbons (Fsp3) is 0.0952. The first-order valence-corrected chi connectivity index (χ1v) is 8.76. The Morgan fingerprint density at radius 3 is 2.93 bits per heavy atom. The molecule has 0 aliphatic rings. The summed E-state index contributed by atoms with van der Waals surface area (Å²) in [6.07, 6.45) is 4.87. The van der Waals surface area contributed by atoms with Gasteiger partial charge in [0.2, 0.25) is 0 Å². The molecular formula is C21H15FN4O2. The van der Waals surface area contributed by atoms with E-state index in [4.69, 9.17) is 4.74 Å². The van der Waals surface area contributed by atoms with Gasteiger partial charge in [0.15, 0.2) is 0 Å². The number of nitrogens with one attached hydrogen (secondary N) is 1. The van der Waals surface area contributed by atoms with Crippen LogP contribution >= 0.6 is 0 Å². The number of nitrogens with zero attached hydrogens (tertiary/aromatic N) is 3. The molecule has 0 radical (unpaired) electrons. The van der Waals surface area contributed by atoms with Crippen LogP contribution in [-0.2, 0) is 6.61 Å². The summed E-state index contributed by atoms with van der Waals surface area (Å²) in [6, 6.07) is 10.3. The molecule has 4 heterocycles. The second kappa shape index (κ2) is 6.16. The van der Waals surface area contributed by atoms with Crippen LogP contribution in [0.5, 0.6) is 5.75 Å². The first kappa shape index (κ1) is 16.4. The van der Waals surface area contributed by atoms with E-state index < -0.39 is 5.82 Å². The van der Waals surface area contributed by atoms with Crippen molar-refractivity contribution in [1.82, 2.24) is 19.4 Å². The molecule has 5 rings (SSSR count). The molecule has 0 unspecified atom stereocenters. The lowest BCUT2D eigenvalue weighted by molar-refractivity contribution is 0.294. The molecule has 0 aliphatic carbocycles. The standard InChI is InChI=1S/C21H15FN4O2/c1-12-14-5-4-13(28-11-18-16(22)3-2-7-24-18)9-19(14)26-20(12)15-6-8-23-10-17(15)25-21(26)27/h2-10H,11H2,1H3,(H,25,27). The van der Waals surface area contributed by atoms with Crippen molar-refractivity contribution in [2.24, 2.45) is 0 Å². The fourth-order valence-corrected chi connectivity index (χ4v) is 3.60. The number of pyridine rings is 2. The number of rotatable bonds is 3. The number of ether oxygens (including phenoxy) is 1. The van der Waals surface area contributed by atoms with E-state index in [1.54, 1.807) is 22.9 Å². The fourth-order valence-electron chi connectivity index (χ4n) is 3.60. The summed E-state index contributed by atoms with van der Waals surface area (Å²) >= 11 is 0. The van der Waals surface area contributed by atoms with E-state index in [9.17, 15) is 9.18 Å². The van der Waals surface area contributed by atoms with E-state index in [0.29, 0.717) is 11.3 Å². The van der Waals surface area contributed by atoms with Crippen LogP contribution in [-0.4, -0.2) is 19.4 Å². The van der Waals surface area contributed by atoms with Gasteiger partial charge in [-0.2, -0.15) is 0 Å². The van der Waals surface area contributed by atoms with E-state index in [1.807, 2.05) is 25.1 Å². The van der Waals surface area contributed by atoms with Gasteiger partial charge in [0, 0.05) is 29.2 Å². The Balaban J connectivity index is 1.67. The maximum atomic E-state index is 13.8. The Bertz CT molecular complexity index is 1420. The largest absolute Gasteiger partial charge is 0.487 e. The molecule has 0 fully saturated rings. The molecule has 1 aromatic carbocycles. The summed E-state index contributed by atoms with van der Waals surface area (Å²) in [5.41, 5.74) is 3.24. The van der Waals surface area contributed by atoms with E-state index in [1.165, 1.54) is 18.3 Å². The molecule has 0 saturated heterocycles. The first-order valence-electron chi connectivity index (χ1n) is 8.76. The van der Waals surface area contributed by atoms with Crippen molar-refractivity contribution < 1.29 is 9.13 Å². The molecule has 6 nitrogen and oxygen atoms in total. The van der Waals surface area contributed by atoms with Crippen LogP contribution in [0.1, 0.15) is 11.3 Å². The van der Waals surface area contributed by atoms with Crippen molar-refractivity contribution in [2.75, 3.05) is 0 Å². The summed E-state index contributed by atoms with van der Waals surface area (Å²) in [7, 11) is 0. The lowest BCUT2D eigenvalue weighted by atomic mass is 10.1. The van der Waals surface area contributed by atoms with Crippen LogP contribution in [0, 0.1) is 12.7 Å². The topological polar surface area (TPSA) is 72.3 Å². The molecule has 0 aliphatic heterocycles. The molecule has 1 N–H and O–H groups in total. The van der Waals surface area contributed by atoms with Gasteiger partial charge in [-0.15, -0.1) is 0 Å².